The normalized spacial score (nSPS) is 12.2. The van der Waals surface area contributed by atoms with Gasteiger partial charge < -0.3 is 9.30 Å². The van der Waals surface area contributed by atoms with E-state index in [9.17, 15) is 18.0 Å². The van der Waals surface area contributed by atoms with Crippen LogP contribution < -0.4 is 4.72 Å². The molecule has 2 heterocycles. The molecule has 0 amide bonds. The van der Waals surface area contributed by atoms with Crippen molar-refractivity contribution >= 4 is 50.4 Å². The predicted octanol–water partition coefficient (Wildman–Crippen LogP) is 6.04. The highest BCUT2D eigenvalue weighted by molar-refractivity contribution is 7.94. The summed E-state index contributed by atoms with van der Waals surface area (Å²) < 4.78 is 35.2. The number of para-hydroxylation sites is 1. The van der Waals surface area contributed by atoms with Crippen LogP contribution >= 0.6 is 22.9 Å². The van der Waals surface area contributed by atoms with Gasteiger partial charge in [-0.25, -0.2) is 13.2 Å². The number of ketones is 1. The number of aryl methyl sites for hydroxylation is 1. The van der Waals surface area contributed by atoms with Gasteiger partial charge in [0.1, 0.15) is 4.21 Å². The molecule has 0 bridgehead atoms. The zero-order chi connectivity index (χ0) is 26.0. The van der Waals surface area contributed by atoms with E-state index < -0.39 is 22.1 Å². The number of sulfonamides is 1. The molecule has 0 saturated carbocycles. The van der Waals surface area contributed by atoms with Gasteiger partial charge in [-0.15, -0.1) is 11.3 Å². The standard InChI is InChI=1S/C26H23ClN2O5S2/c1-16-15-22(17(2)29(16)21-7-5-4-6-8-21)25(30)18(3)34-26(31)19-9-11-20(12-10-19)28-36(32,33)24-14-13-23(27)35-24/h4-15,18,28H,1-3H3/t18-/m1/s1. The number of benzene rings is 2. The Morgan fingerprint density at radius 2 is 1.67 bits per heavy atom. The van der Waals surface area contributed by atoms with Crippen LogP contribution in [0.25, 0.3) is 5.69 Å². The van der Waals surface area contributed by atoms with Crippen LogP contribution in [0.3, 0.4) is 0 Å². The van der Waals surface area contributed by atoms with Crippen LogP contribution in [-0.4, -0.2) is 30.8 Å². The number of esters is 1. The van der Waals surface area contributed by atoms with Crippen molar-refractivity contribution in [2.45, 2.75) is 31.1 Å². The Hall–Kier alpha value is -3.40. The first-order chi connectivity index (χ1) is 17.1. The maximum absolute atomic E-state index is 13.1. The number of hydrogen-bond donors (Lipinski definition) is 1. The van der Waals surface area contributed by atoms with Gasteiger partial charge in [-0.1, -0.05) is 29.8 Å². The summed E-state index contributed by atoms with van der Waals surface area (Å²) in [7, 11) is -3.79. The number of thiophene rings is 1. The van der Waals surface area contributed by atoms with Gasteiger partial charge in [-0.2, -0.15) is 0 Å². The lowest BCUT2D eigenvalue weighted by atomic mass is 10.1. The predicted molar refractivity (Wildman–Crippen MR) is 141 cm³/mol. The van der Waals surface area contributed by atoms with Crippen LogP contribution in [0, 0.1) is 13.8 Å². The van der Waals surface area contributed by atoms with Crippen molar-refractivity contribution in [3.63, 3.8) is 0 Å². The molecule has 0 aliphatic rings. The van der Waals surface area contributed by atoms with E-state index in [1.165, 1.54) is 43.3 Å². The summed E-state index contributed by atoms with van der Waals surface area (Å²) in [5, 5.41) is 0. The molecule has 4 aromatic rings. The highest BCUT2D eigenvalue weighted by Crippen LogP contribution is 2.27. The highest BCUT2D eigenvalue weighted by Gasteiger charge is 2.25. The molecule has 10 heteroatoms. The minimum absolute atomic E-state index is 0.0787. The number of nitrogens with one attached hydrogen (secondary N) is 1. The third kappa shape index (κ3) is 5.38. The first-order valence-corrected chi connectivity index (χ1v) is 13.6. The molecular weight excluding hydrogens is 520 g/mol. The Bertz CT molecular complexity index is 1520. The number of aromatic nitrogens is 1. The van der Waals surface area contributed by atoms with E-state index in [1.807, 2.05) is 48.7 Å². The molecule has 0 aliphatic carbocycles. The number of ether oxygens (including phenoxy) is 1. The number of nitrogens with zero attached hydrogens (tertiary/aromatic N) is 1. The monoisotopic (exact) mass is 542 g/mol. The number of carbonyl (C=O) groups excluding carboxylic acids is 2. The van der Waals surface area contributed by atoms with E-state index in [0.29, 0.717) is 9.90 Å². The summed E-state index contributed by atoms with van der Waals surface area (Å²) in [4.78, 5) is 25.8. The number of halogens is 1. The fourth-order valence-corrected chi connectivity index (χ4v) is 6.35. The summed E-state index contributed by atoms with van der Waals surface area (Å²) in [5.41, 5.74) is 3.53. The van der Waals surface area contributed by atoms with Gasteiger partial charge in [0, 0.05) is 28.3 Å². The lowest BCUT2D eigenvalue weighted by molar-refractivity contribution is 0.0318. The topological polar surface area (TPSA) is 94.5 Å². The van der Waals surface area contributed by atoms with Crippen LogP contribution in [-0.2, 0) is 14.8 Å². The minimum Gasteiger partial charge on any atom is -0.451 e. The number of anilines is 1. The first-order valence-electron chi connectivity index (χ1n) is 10.9. The molecule has 0 saturated heterocycles. The summed E-state index contributed by atoms with van der Waals surface area (Å²) >= 11 is 6.76. The van der Waals surface area contributed by atoms with E-state index in [2.05, 4.69) is 4.72 Å². The SMILES string of the molecule is Cc1cc(C(=O)[C@@H](C)OC(=O)c2ccc(NS(=O)(=O)c3ccc(Cl)s3)cc2)c(C)n1-c1ccccc1. The summed E-state index contributed by atoms with van der Waals surface area (Å²) in [6.45, 7) is 5.30. The zero-order valence-corrected chi connectivity index (χ0v) is 22.1. The van der Waals surface area contributed by atoms with E-state index in [0.717, 1.165) is 28.4 Å². The maximum Gasteiger partial charge on any atom is 0.338 e. The second-order valence-corrected chi connectivity index (χ2v) is 11.7. The molecule has 4 rings (SSSR count). The maximum atomic E-state index is 13.1. The Labute approximate surface area is 218 Å². The quantitative estimate of drug-likeness (QED) is 0.216. The average Bonchev–Trinajstić information content (AvgIpc) is 3.42. The van der Waals surface area contributed by atoms with Gasteiger partial charge in [0.05, 0.1) is 9.90 Å². The van der Waals surface area contributed by atoms with Crippen molar-refractivity contribution in [1.82, 2.24) is 4.57 Å². The number of Topliss-reactive ketones (excluding diaryl/α,β-unsaturated/α-hetero) is 1. The van der Waals surface area contributed by atoms with E-state index in [-0.39, 0.29) is 21.2 Å². The number of hydrogen-bond acceptors (Lipinski definition) is 6. The van der Waals surface area contributed by atoms with Crippen LogP contribution in [0.1, 0.15) is 39.0 Å². The van der Waals surface area contributed by atoms with Crippen molar-refractivity contribution in [3.05, 3.63) is 99.6 Å². The molecule has 7 nitrogen and oxygen atoms in total. The Morgan fingerprint density at radius 1 is 1.00 bits per heavy atom. The number of rotatable bonds is 8. The molecule has 2 aromatic carbocycles. The Kier molecular flexibility index (Phi) is 7.35. The lowest BCUT2D eigenvalue weighted by Crippen LogP contribution is -2.25. The van der Waals surface area contributed by atoms with Crippen LogP contribution in [0.5, 0.6) is 0 Å². The van der Waals surface area contributed by atoms with Crippen molar-refractivity contribution in [2.75, 3.05) is 4.72 Å². The molecule has 186 valence electrons. The molecular formula is C26H23ClN2O5S2. The molecule has 0 spiro atoms. The second-order valence-electron chi connectivity index (χ2n) is 8.11. The van der Waals surface area contributed by atoms with Crippen LogP contribution in [0.15, 0.2) is 77.0 Å². The molecule has 0 aliphatic heterocycles. The van der Waals surface area contributed by atoms with Gasteiger partial charge in [-0.3, -0.25) is 9.52 Å². The molecule has 1 atom stereocenters. The van der Waals surface area contributed by atoms with Crippen molar-refractivity contribution in [3.8, 4) is 5.69 Å². The van der Waals surface area contributed by atoms with Crippen molar-refractivity contribution in [1.29, 1.82) is 0 Å². The molecule has 0 unspecified atom stereocenters. The fraction of sp³-hybridized carbons (Fsp3) is 0.154. The third-order valence-corrected chi connectivity index (χ3v) is 8.65. The van der Waals surface area contributed by atoms with E-state index in [1.54, 1.807) is 6.07 Å². The molecule has 2 aromatic heterocycles. The van der Waals surface area contributed by atoms with E-state index in [4.69, 9.17) is 16.3 Å². The fourth-order valence-electron chi connectivity index (χ4n) is 3.81. The summed E-state index contributed by atoms with van der Waals surface area (Å²) in [6.07, 6.45) is -1.01. The first kappa shape index (κ1) is 25.7. The molecule has 1 N–H and O–H groups in total. The Balaban J connectivity index is 1.44. The van der Waals surface area contributed by atoms with Crippen molar-refractivity contribution < 1.29 is 22.7 Å². The lowest BCUT2D eigenvalue weighted by Gasteiger charge is -2.14. The van der Waals surface area contributed by atoms with Crippen LogP contribution in [0.4, 0.5) is 5.69 Å². The van der Waals surface area contributed by atoms with E-state index >= 15 is 0 Å². The summed E-state index contributed by atoms with van der Waals surface area (Å²) in [5.74, 6) is -0.996. The average molecular weight is 543 g/mol. The highest BCUT2D eigenvalue weighted by atomic mass is 35.5. The summed E-state index contributed by atoms with van der Waals surface area (Å²) in [6, 6.07) is 20.1. The minimum atomic E-state index is -3.79. The smallest absolute Gasteiger partial charge is 0.338 e. The van der Waals surface area contributed by atoms with Crippen LogP contribution in [0.2, 0.25) is 4.34 Å². The molecule has 0 radical (unpaired) electrons. The van der Waals surface area contributed by atoms with Gasteiger partial charge in [0.15, 0.2) is 6.10 Å². The van der Waals surface area contributed by atoms with Gasteiger partial charge >= 0.3 is 5.97 Å². The van der Waals surface area contributed by atoms with Gasteiger partial charge in [-0.05, 0) is 75.4 Å². The largest absolute Gasteiger partial charge is 0.451 e. The van der Waals surface area contributed by atoms with Gasteiger partial charge in [0.25, 0.3) is 10.0 Å². The Morgan fingerprint density at radius 3 is 2.28 bits per heavy atom. The molecule has 36 heavy (non-hydrogen) atoms. The molecule has 0 fully saturated rings. The zero-order valence-electron chi connectivity index (χ0n) is 19.7. The second kappa shape index (κ2) is 10.3. The number of carbonyl (C=O) groups is 2. The van der Waals surface area contributed by atoms with Gasteiger partial charge in [0.2, 0.25) is 5.78 Å². The third-order valence-electron chi connectivity index (χ3n) is 5.55. The van der Waals surface area contributed by atoms with Crippen molar-refractivity contribution in [2.24, 2.45) is 0 Å².